The molecule has 1 aromatic carbocycles. The molecular formula is C15H20BrNO2. The summed E-state index contributed by atoms with van der Waals surface area (Å²) in [4.78, 5) is 14.1. The van der Waals surface area contributed by atoms with Crippen molar-refractivity contribution in [2.75, 3.05) is 20.2 Å². The Morgan fingerprint density at radius 3 is 2.84 bits per heavy atom. The van der Waals surface area contributed by atoms with Gasteiger partial charge in [0.05, 0.1) is 6.10 Å². The maximum Gasteiger partial charge on any atom is 0.253 e. The zero-order valence-corrected chi connectivity index (χ0v) is 13.1. The van der Waals surface area contributed by atoms with Gasteiger partial charge in [-0.25, -0.2) is 0 Å². The molecule has 4 heteroatoms. The van der Waals surface area contributed by atoms with E-state index in [1.165, 1.54) is 6.42 Å². The number of carbonyl (C=O) groups is 1. The van der Waals surface area contributed by atoms with Gasteiger partial charge in [-0.1, -0.05) is 15.9 Å². The van der Waals surface area contributed by atoms with Gasteiger partial charge in [0, 0.05) is 30.2 Å². The molecule has 104 valence electrons. The van der Waals surface area contributed by atoms with E-state index in [4.69, 9.17) is 4.74 Å². The number of hydrogen-bond acceptors (Lipinski definition) is 2. The first-order valence-corrected chi connectivity index (χ1v) is 7.50. The second-order valence-corrected chi connectivity index (χ2v) is 6.11. The van der Waals surface area contributed by atoms with E-state index >= 15 is 0 Å². The Labute approximate surface area is 123 Å². The van der Waals surface area contributed by atoms with Crippen molar-refractivity contribution in [3.05, 3.63) is 33.8 Å². The van der Waals surface area contributed by atoms with Crippen molar-refractivity contribution < 1.29 is 9.53 Å². The number of likely N-dealkylation sites (N-methyl/N-ethyl adjacent to an activating group) is 1. The Morgan fingerprint density at radius 2 is 2.21 bits per heavy atom. The SMILES string of the molecule is Cc1cc(Br)cc(C(=O)N(C)CC2CCCCO2)c1. The third-order valence-electron chi connectivity index (χ3n) is 3.39. The van der Waals surface area contributed by atoms with E-state index in [9.17, 15) is 4.79 Å². The van der Waals surface area contributed by atoms with Crippen molar-refractivity contribution in [3.8, 4) is 0 Å². The predicted molar refractivity (Wildman–Crippen MR) is 79.4 cm³/mol. The lowest BCUT2D eigenvalue weighted by Gasteiger charge is -2.27. The molecule has 1 aromatic rings. The second-order valence-electron chi connectivity index (χ2n) is 5.19. The van der Waals surface area contributed by atoms with Crippen molar-refractivity contribution in [2.45, 2.75) is 32.3 Å². The number of hydrogen-bond donors (Lipinski definition) is 0. The van der Waals surface area contributed by atoms with Gasteiger partial charge in [0.1, 0.15) is 0 Å². The highest BCUT2D eigenvalue weighted by atomic mass is 79.9. The molecule has 1 saturated heterocycles. The van der Waals surface area contributed by atoms with E-state index in [1.807, 2.05) is 32.2 Å². The standard InChI is InChI=1S/C15H20BrNO2/c1-11-7-12(9-13(16)8-11)15(18)17(2)10-14-5-3-4-6-19-14/h7-9,14H,3-6,10H2,1-2H3. The van der Waals surface area contributed by atoms with Crippen LogP contribution in [0.25, 0.3) is 0 Å². The average Bonchev–Trinajstić information content (AvgIpc) is 2.37. The minimum absolute atomic E-state index is 0.0542. The average molecular weight is 326 g/mol. The first kappa shape index (κ1) is 14.5. The monoisotopic (exact) mass is 325 g/mol. The number of amides is 1. The first-order chi connectivity index (χ1) is 9.06. The molecule has 0 aliphatic carbocycles. The molecule has 1 amide bonds. The lowest BCUT2D eigenvalue weighted by Crippen LogP contribution is -2.37. The Hall–Kier alpha value is -0.870. The number of benzene rings is 1. The molecule has 1 unspecified atom stereocenters. The zero-order chi connectivity index (χ0) is 13.8. The van der Waals surface area contributed by atoms with Crippen LogP contribution in [0.15, 0.2) is 22.7 Å². The van der Waals surface area contributed by atoms with Crippen molar-refractivity contribution in [2.24, 2.45) is 0 Å². The van der Waals surface area contributed by atoms with Crippen LogP contribution in [0, 0.1) is 6.92 Å². The van der Waals surface area contributed by atoms with Crippen LogP contribution in [0.5, 0.6) is 0 Å². The van der Waals surface area contributed by atoms with E-state index in [2.05, 4.69) is 15.9 Å². The van der Waals surface area contributed by atoms with E-state index in [0.29, 0.717) is 6.54 Å². The van der Waals surface area contributed by atoms with Crippen LogP contribution in [0.1, 0.15) is 35.2 Å². The van der Waals surface area contributed by atoms with Crippen LogP contribution < -0.4 is 0 Å². The predicted octanol–water partition coefficient (Wildman–Crippen LogP) is 3.40. The van der Waals surface area contributed by atoms with Gasteiger partial charge in [0.25, 0.3) is 5.91 Å². The van der Waals surface area contributed by atoms with Gasteiger partial charge in [-0.15, -0.1) is 0 Å². The Kier molecular flexibility index (Phi) is 4.99. The molecular weight excluding hydrogens is 306 g/mol. The molecule has 0 saturated carbocycles. The largest absolute Gasteiger partial charge is 0.376 e. The summed E-state index contributed by atoms with van der Waals surface area (Å²) >= 11 is 3.43. The number of ether oxygens (including phenoxy) is 1. The molecule has 0 aromatic heterocycles. The van der Waals surface area contributed by atoms with Gasteiger partial charge in [0.2, 0.25) is 0 Å². The van der Waals surface area contributed by atoms with E-state index < -0.39 is 0 Å². The van der Waals surface area contributed by atoms with Crippen LogP contribution in [0.4, 0.5) is 0 Å². The summed E-state index contributed by atoms with van der Waals surface area (Å²) in [5.74, 6) is 0.0542. The lowest BCUT2D eigenvalue weighted by molar-refractivity contribution is -0.000189. The van der Waals surface area contributed by atoms with Crippen molar-refractivity contribution in [1.29, 1.82) is 0 Å². The number of rotatable bonds is 3. The van der Waals surface area contributed by atoms with Crippen LogP contribution >= 0.6 is 15.9 Å². The summed E-state index contributed by atoms with van der Waals surface area (Å²) in [7, 11) is 1.84. The summed E-state index contributed by atoms with van der Waals surface area (Å²) in [5.41, 5.74) is 1.81. The lowest BCUT2D eigenvalue weighted by atomic mass is 10.1. The smallest absolute Gasteiger partial charge is 0.253 e. The number of nitrogens with zero attached hydrogens (tertiary/aromatic N) is 1. The summed E-state index contributed by atoms with van der Waals surface area (Å²) < 4.78 is 6.62. The highest BCUT2D eigenvalue weighted by Gasteiger charge is 2.20. The molecule has 3 nitrogen and oxygen atoms in total. The molecule has 0 bridgehead atoms. The quantitative estimate of drug-likeness (QED) is 0.852. The molecule has 1 fully saturated rings. The Bertz CT molecular complexity index is 435. The first-order valence-electron chi connectivity index (χ1n) is 6.70. The molecule has 0 radical (unpaired) electrons. The summed E-state index contributed by atoms with van der Waals surface area (Å²) in [5, 5.41) is 0. The van der Waals surface area contributed by atoms with Gasteiger partial charge in [-0.05, 0) is 49.9 Å². The molecule has 1 aliphatic rings. The van der Waals surface area contributed by atoms with Crippen molar-refractivity contribution in [3.63, 3.8) is 0 Å². The molecule has 1 atom stereocenters. The highest BCUT2D eigenvalue weighted by Crippen LogP contribution is 2.18. The molecule has 19 heavy (non-hydrogen) atoms. The summed E-state index contributed by atoms with van der Waals surface area (Å²) in [6.45, 7) is 3.48. The van der Waals surface area contributed by atoms with E-state index in [1.54, 1.807) is 4.90 Å². The van der Waals surface area contributed by atoms with Gasteiger partial charge >= 0.3 is 0 Å². The maximum atomic E-state index is 12.4. The van der Waals surface area contributed by atoms with Gasteiger partial charge in [-0.3, -0.25) is 4.79 Å². The van der Waals surface area contributed by atoms with E-state index in [0.717, 1.165) is 35.0 Å². The molecule has 1 aliphatic heterocycles. The van der Waals surface area contributed by atoms with Gasteiger partial charge in [0.15, 0.2) is 0 Å². The summed E-state index contributed by atoms with van der Waals surface area (Å²) in [6, 6.07) is 5.79. The Morgan fingerprint density at radius 1 is 1.42 bits per heavy atom. The minimum atomic E-state index is 0.0542. The molecule has 0 spiro atoms. The number of carbonyl (C=O) groups excluding carboxylic acids is 1. The van der Waals surface area contributed by atoms with Crippen LogP contribution in [0.3, 0.4) is 0 Å². The van der Waals surface area contributed by atoms with Gasteiger partial charge < -0.3 is 9.64 Å². The Balaban J connectivity index is 2.01. The zero-order valence-electron chi connectivity index (χ0n) is 11.5. The molecule has 1 heterocycles. The fourth-order valence-electron chi connectivity index (χ4n) is 2.42. The molecule has 2 rings (SSSR count). The molecule has 0 N–H and O–H groups in total. The van der Waals surface area contributed by atoms with Crippen molar-refractivity contribution in [1.82, 2.24) is 4.90 Å². The van der Waals surface area contributed by atoms with E-state index in [-0.39, 0.29) is 12.0 Å². The van der Waals surface area contributed by atoms with Crippen LogP contribution in [0.2, 0.25) is 0 Å². The van der Waals surface area contributed by atoms with Crippen LogP contribution in [-0.2, 0) is 4.74 Å². The third-order valence-corrected chi connectivity index (χ3v) is 3.85. The fraction of sp³-hybridized carbons (Fsp3) is 0.533. The third kappa shape index (κ3) is 4.05. The maximum absolute atomic E-state index is 12.4. The van der Waals surface area contributed by atoms with Crippen LogP contribution in [-0.4, -0.2) is 37.1 Å². The number of aryl methyl sites for hydroxylation is 1. The second kappa shape index (κ2) is 6.53. The highest BCUT2D eigenvalue weighted by molar-refractivity contribution is 9.10. The minimum Gasteiger partial charge on any atom is -0.376 e. The van der Waals surface area contributed by atoms with Crippen molar-refractivity contribution >= 4 is 21.8 Å². The summed E-state index contributed by atoms with van der Waals surface area (Å²) in [6.07, 6.45) is 3.58. The number of halogens is 1. The topological polar surface area (TPSA) is 29.5 Å². The van der Waals surface area contributed by atoms with Gasteiger partial charge in [-0.2, -0.15) is 0 Å². The fourth-order valence-corrected chi connectivity index (χ4v) is 3.03. The normalized spacial score (nSPS) is 19.2.